The van der Waals surface area contributed by atoms with Crippen LogP contribution in [-0.2, 0) is 0 Å². The lowest BCUT2D eigenvalue weighted by molar-refractivity contribution is 0.0696. The van der Waals surface area contributed by atoms with E-state index in [2.05, 4.69) is 0 Å². The molecular formula is C14H9FO4. The number of carbonyl (C=O) groups is 2. The van der Waals surface area contributed by atoms with Gasteiger partial charge in [0.15, 0.2) is 0 Å². The Balaban J connectivity index is 2.74. The molecule has 0 aliphatic rings. The van der Waals surface area contributed by atoms with Gasteiger partial charge in [0.1, 0.15) is 5.82 Å². The quantitative estimate of drug-likeness (QED) is 0.889. The molecule has 2 N–H and O–H groups in total. The first kappa shape index (κ1) is 12.8. The summed E-state index contributed by atoms with van der Waals surface area (Å²) in [5.41, 5.74) is 0.150. The summed E-state index contributed by atoms with van der Waals surface area (Å²) in [4.78, 5) is 22.3. The summed E-state index contributed by atoms with van der Waals surface area (Å²) >= 11 is 0. The number of halogens is 1. The van der Waals surface area contributed by atoms with Crippen LogP contribution in [0.4, 0.5) is 4.39 Å². The second kappa shape index (κ2) is 4.89. The first-order valence-electron chi connectivity index (χ1n) is 5.36. The van der Waals surface area contributed by atoms with Crippen molar-refractivity contribution < 1.29 is 24.2 Å². The van der Waals surface area contributed by atoms with E-state index in [1.54, 1.807) is 0 Å². The van der Waals surface area contributed by atoms with E-state index in [9.17, 15) is 14.0 Å². The molecule has 2 aromatic carbocycles. The third-order valence-electron chi connectivity index (χ3n) is 2.66. The van der Waals surface area contributed by atoms with E-state index in [-0.39, 0.29) is 16.7 Å². The summed E-state index contributed by atoms with van der Waals surface area (Å²) in [6.07, 6.45) is 0. The van der Waals surface area contributed by atoms with Gasteiger partial charge in [0, 0.05) is 5.56 Å². The molecule has 19 heavy (non-hydrogen) atoms. The van der Waals surface area contributed by atoms with E-state index in [4.69, 9.17) is 10.2 Å². The van der Waals surface area contributed by atoms with Crippen LogP contribution >= 0.6 is 0 Å². The van der Waals surface area contributed by atoms with Crippen molar-refractivity contribution in [1.29, 1.82) is 0 Å². The van der Waals surface area contributed by atoms with Crippen LogP contribution < -0.4 is 0 Å². The summed E-state index contributed by atoms with van der Waals surface area (Å²) in [5.74, 6) is -2.95. The normalized spacial score (nSPS) is 10.2. The number of hydrogen-bond acceptors (Lipinski definition) is 2. The third kappa shape index (κ3) is 2.44. The van der Waals surface area contributed by atoms with Crippen molar-refractivity contribution in [2.45, 2.75) is 0 Å². The molecule has 0 aromatic heterocycles. The summed E-state index contributed by atoms with van der Waals surface area (Å²) < 4.78 is 12.9. The van der Waals surface area contributed by atoms with Crippen LogP contribution in [0, 0.1) is 5.82 Å². The monoisotopic (exact) mass is 260 g/mol. The van der Waals surface area contributed by atoms with Crippen LogP contribution in [0.5, 0.6) is 0 Å². The summed E-state index contributed by atoms with van der Waals surface area (Å²) in [6, 6.07) is 8.99. The number of benzene rings is 2. The van der Waals surface area contributed by atoms with Gasteiger partial charge in [-0.2, -0.15) is 0 Å². The molecule has 2 rings (SSSR count). The van der Waals surface area contributed by atoms with Crippen molar-refractivity contribution in [1.82, 2.24) is 0 Å². The van der Waals surface area contributed by atoms with Gasteiger partial charge in [0.25, 0.3) is 0 Å². The molecule has 0 saturated heterocycles. The Morgan fingerprint density at radius 3 is 1.74 bits per heavy atom. The minimum absolute atomic E-state index is 0.0718. The molecule has 0 saturated carbocycles. The van der Waals surface area contributed by atoms with Crippen molar-refractivity contribution in [2.24, 2.45) is 0 Å². The van der Waals surface area contributed by atoms with Gasteiger partial charge in [-0.25, -0.2) is 14.0 Å². The smallest absolute Gasteiger partial charge is 0.336 e. The van der Waals surface area contributed by atoms with Gasteiger partial charge >= 0.3 is 11.9 Å². The zero-order valence-corrected chi connectivity index (χ0v) is 9.63. The van der Waals surface area contributed by atoms with Gasteiger partial charge in [-0.05, 0) is 29.8 Å². The molecule has 0 spiro atoms. The third-order valence-corrected chi connectivity index (χ3v) is 2.66. The highest BCUT2D eigenvalue weighted by atomic mass is 19.1. The molecule has 0 fully saturated rings. The number of hydrogen-bond donors (Lipinski definition) is 2. The maximum absolute atomic E-state index is 12.9. The largest absolute Gasteiger partial charge is 0.478 e. The van der Waals surface area contributed by atoms with Gasteiger partial charge in [-0.15, -0.1) is 0 Å². The Labute approximate surface area is 107 Å². The first-order valence-corrected chi connectivity index (χ1v) is 5.36. The van der Waals surface area contributed by atoms with Gasteiger partial charge in [-0.3, -0.25) is 0 Å². The molecule has 5 heteroatoms. The number of carboxylic acids is 2. The molecule has 0 heterocycles. The minimum Gasteiger partial charge on any atom is -0.478 e. The van der Waals surface area contributed by atoms with E-state index in [0.717, 1.165) is 12.1 Å². The van der Waals surface area contributed by atoms with Gasteiger partial charge in [-0.1, -0.05) is 18.2 Å². The summed E-state index contributed by atoms with van der Waals surface area (Å²) in [5, 5.41) is 18.2. The number of rotatable bonds is 3. The molecule has 0 aliphatic heterocycles. The van der Waals surface area contributed by atoms with Gasteiger partial charge in [0.05, 0.1) is 11.1 Å². The summed E-state index contributed by atoms with van der Waals surface area (Å²) in [6.45, 7) is 0. The lowest BCUT2D eigenvalue weighted by Gasteiger charge is -2.10. The van der Waals surface area contributed by atoms with Crippen molar-refractivity contribution >= 4 is 11.9 Å². The van der Waals surface area contributed by atoms with Gasteiger partial charge < -0.3 is 10.2 Å². The highest BCUT2D eigenvalue weighted by Crippen LogP contribution is 2.28. The molecule has 0 amide bonds. The first-order chi connectivity index (χ1) is 9.00. The van der Waals surface area contributed by atoms with Crippen LogP contribution in [0.3, 0.4) is 0 Å². The number of aromatic carboxylic acids is 2. The van der Waals surface area contributed by atoms with Crippen LogP contribution in [-0.4, -0.2) is 22.2 Å². The average Bonchev–Trinajstić information content (AvgIpc) is 2.38. The molecule has 0 aliphatic carbocycles. The van der Waals surface area contributed by atoms with Crippen molar-refractivity contribution in [3.05, 3.63) is 59.4 Å². The fraction of sp³-hybridized carbons (Fsp3) is 0. The predicted molar refractivity (Wildman–Crippen MR) is 65.8 cm³/mol. The van der Waals surface area contributed by atoms with Crippen molar-refractivity contribution in [2.75, 3.05) is 0 Å². The lowest BCUT2D eigenvalue weighted by Crippen LogP contribution is -2.06. The molecule has 0 unspecified atom stereocenters. The minimum atomic E-state index is -1.23. The Morgan fingerprint density at radius 2 is 1.32 bits per heavy atom. The number of carboxylic acid groups (broad SMARTS) is 2. The van der Waals surface area contributed by atoms with E-state index in [1.165, 1.54) is 30.3 Å². The molecule has 0 atom stereocenters. The molecule has 0 bridgehead atoms. The van der Waals surface area contributed by atoms with E-state index in [1.807, 2.05) is 0 Å². The second-order valence-corrected chi connectivity index (χ2v) is 3.85. The van der Waals surface area contributed by atoms with Crippen LogP contribution in [0.2, 0.25) is 0 Å². The Bertz CT molecular complexity index is 615. The summed E-state index contributed by atoms with van der Waals surface area (Å²) in [7, 11) is 0. The van der Waals surface area contributed by atoms with Crippen LogP contribution in [0.1, 0.15) is 20.7 Å². The topological polar surface area (TPSA) is 74.6 Å². The maximum Gasteiger partial charge on any atom is 0.336 e. The second-order valence-electron chi connectivity index (χ2n) is 3.85. The molecule has 0 radical (unpaired) electrons. The predicted octanol–water partition coefficient (Wildman–Crippen LogP) is 2.89. The van der Waals surface area contributed by atoms with E-state index < -0.39 is 17.8 Å². The highest BCUT2D eigenvalue weighted by Gasteiger charge is 2.19. The Kier molecular flexibility index (Phi) is 3.29. The van der Waals surface area contributed by atoms with Crippen LogP contribution in [0.15, 0.2) is 42.5 Å². The zero-order valence-electron chi connectivity index (χ0n) is 9.63. The maximum atomic E-state index is 12.9. The molecule has 2 aromatic rings. The Morgan fingerprint density at radius 1 is 0.842 bits per heavy atom. The average molecular weight is 260 g/mol. The fourth-order valence-corrected chi connectivity index (χ4v) is 1.84. The zero-order chi connectivity index (χ0) is 14.0. The fourth-order valence-electron chi connectivity index (χ4n) is 1.84. The lowest BCUT2D eigenvalue weighted by atomic mass is 9.94. The molecule has 96 valence electrons. The van der Waals surface area contributed by atoms with E-state index in [0.29, 0.717) is 5.56 Å². The Hall–Kier alpha value is -2.69. The SMILES string of the molecule is O=C(O)c1cccc(C(=O)O)c1-c1ccc(F)cc1. The molecular weight excluding hydrogens is 251 g/mol. The van der Waals surface area contributed by atoms with Crippen molar-refractivity contribution in [3.63, 3.8) is 0 Å². The van der Waals surface area contributed by atoms with Crippen LogP contribution in [0.25, 0.3) is 11.1 Å². The van der Waals surface area contributed by atoms with E-state index >= 15 is 0 Å². The van der Waals surface area contributed by atoms with Gasteiger partial charge in [0.2, 0.25) is 0 Å². The molecule has 4 nitrogen and oxygen atoms in total. The van der Waals surface area contributed by atoms with Crippen molar-refractivity contribution in [3.8, 4) is 11.1 Å². The standard InChI is InChI=1S/C14H9FO4/c15-9-6-4-8(5-7-9)12-10(13(16)17)2-1-3-11(12)14(18)19/h1-7H,(H,16,17)(H,18,19). The highest BCUT2D eigenvalue weighted by molar-refractivity contribution is 6.04.